The van der Waals surface area contributed by atoms with Gasteiger partial charge in [0.25, 0.3) is 5.91 Å². The zero-order valence-corrected chi connectivity index (χ0v) is 11.6. The fourth-order valence-corrected chi connectivity index (χ4v) is 2.34. The van der Waals surface area contributed by atoms with Crippen LogP contribution in [0.3, 0.4) is 0 Å². The Morgan fingerprint density at radius 1 is 1.14 bits per heavy atom. The van der Waals surface area contributed by atoms with Crippen LogP contribution in [0, 0.1) is 11.6 Å². The van der Waals surface area contributed by atoms with Crippen molar-refractivity contribution < 1.29 is 18.4 Å². The summed E-state index contributed by atoms with van der Waals surface area (Å²) in [4.78, 5) is 23.6. The first-order chi connectivity index (χ1) is 10.5. The molecule has 2 amide bonds. The Kier molecular flexibility index (Phi) is 3.36. The summed E-state index contributed by atoms with van der Waals surface area (Å²) in [7, 11) is 0. The summed E-state index contributed by atoms with van der Waals surface area (Å²) in [6, 6.07) is 7.96. The van der Waals surface area contributed by atoms with Crippen LogP contribution in [0.2, 0.25) is 0 Å². The lowest BCUT2D eigenvalue weighted by Crippen LogP contribution is -2.12. The average Bonchev–Trinajstić information content (AvgIpc) is 2.77. The van der Waals surface area contributed by atoms with Gasteiger partial charge in [0.15, 0.2) is 11.6 Å². The molecule has 22 heavy (non-hydrogen) atoms. The van der Waals surface area contributed by atoms with Gasteiger partial charge in [-0.2, -0.15) is 0 Å². The lowest BCUT2D eigenvalue weighted by molar-refractivity contribution is -0.116. The highest BCUT2D eigenvalue weighted by molar-refractivity contribution is 6.06. The number of fused-ring (bicyclic) bond motifs is 1. The first-order valence-corrected chi connectivity index (χ1v) is 6.67. The first-order valence-electron chi connectivity index (χ1n) is 6.67. The molecule has 2 aromatic carbocycles. The summed E-state index contributed by atoms with van der Waals surface area (Å²) in [6.45, 7) is 1.77. The second kappa shape index (κ2) is 5.22. The molecule has 1 heterocycles. The summed E-state index contributed by atoms with van der Waals surface area (Å²) in [5.74, 6) is -3.03. The summed E-state index contributed by atoms with van der Waals surface area (Å²) in [5.41, 5.74) is 2.00. The third-order valence-electron chi connectivity index (χ3n) is 3.61. The number of carbonyl (C=O) groups is 2. The Morgan fingerprint density at radius 2 is 1.91 bits per heavy atom. The van der Waals surface area contributed by atoms with Crippen LogP contribution in [0.25, 0.3) is 0 Å². The lowest BCUT2D eigenvalue weighted by Gasteiger charge is -2.08. The summed E-state index contributed by atoms with van der Waals surface area (Å²) >= 11 is 0. The fourth-order valence-electron chi connectivity index (χ4n) is 2.34. The Labute approximate surface area is 125 Å². The highest BCUT2D eigenvalue weighted by atomic mass is 19.2. The van der Waals surface area contributed by atoms with Crippen LogP contribution in [-0.2, 0) is 4.79 Å². The van der Waals surface area contributed by atoms with E-state index in [1.165, 1.54) is 6.07 Å². The summed E-state index contributed by atoms with van der Waals surface area (Å²) in [5, 5.41) is 5.33. The van der Waals surface area contributed by atoms with Crippen LogP contribution in [0.15, 0.2) is 36.4 Å². The van der Waals surface area contributed by atoms with Gasteiger partial charge in [0.2, 0.25) is 5.91 Å². The van der Waals surface area contributed by atoms with E-state index < -0.39 is 17.5 Å². The molecule has 2 aromatic rings. The maximum absolute atomic E-state index is 13.2. The molecule has 0 aliphatic carbocycles. The maximum atomic E-state index is 13.2. The van der Waals surface area contributed by atoms with E-state index in [2.05, 4.69) is 10.6 Å². The normalized spacial score (nSPS) is 16.1. The van der Waals surface area contributed by atoms with E-state index >= 15 is 0 Å². The van der Waals surface area contributed by atoms with Gasteiger partial charge in [-0.15, -0.1) is 0 Å². The number of halogens is 2. The molecule has 6 heteroatoms. The topological polar surface area (TPSA) is 58.2 Å². The van der Waals surface area contributed by atoms with Gasteiger partial charge in [-0.05, 0) is 48.9 Å². The molecule has 0 fully saturated rings. The maximum Gasteiger partial charge on any atom is 0.255 e. The van der Waals surface area contributed by atoms with Crippen molar-refractivity contribution in [1.29, 1.82) is 0 Å². The van der Waals surface area contributed by atoms with Crippen molar-refractivity contribution in [3.8, 4) is 0 Å². The van der Waals surface area contributed by atoms with E-state index in [1.54, 1.807) is 25.1 Å². The van der Waals surface area contributed by atoms with Crippen molar-refractivity contribution in [2.45, 2.75) is 12.8 Å². The molecule has 2 N–H and O–H groups in total. The van der Waals surface area contributed by atoms with Gasteiger partial charge in [0.05, 0.1) is 5.92 Å². The van der Waals surface area contributed by atoms with Gasteiger partial charge in [-0.3, -0.25) is 9.59 Å². The Balaban J connectivity index is 1.83. The second-order valence-corrected chi connectivity index (χ2v) is 5.10. The second-order valence-electron chi connectivity index (χ2n) is 5.10. The van der Waals surface area contributed by atoms with Crippen molar-refractivity contribution >= 4 is 23.2 Å². The molecule has 1 atom stereocenters. The Morgan fingerprint density at radius 3 is 2.64 bits per heavy atom. The van der Waals surface area contributed by atoms with Crippen molar-refractivity contribution in [2.24, 2.45) is 0 Å². The number of benzene rings is 2. The van der Waals surface area contributed by atoms with E-state index in [0.29, 0.717) is 11.4 Å². The van der Waals surface area contributed by atoms with E-state index in [0.717, 1.165) is 17.7 Å². The molecule has 1 aliphatic heterocycles. The van der Waals surface area contributed by atoms with Gasteiger partial charge < -0.3 is 10.6 Å². The monoisotopic (exact) mass is 302 g/mol. The number of nitrogens with one attached hydrogen (secondary N) is 2. The van der Waals surface area contributed by atoms with Crippen LogP contribution in [0.1, 0.15) is 28.8 Å². The molecule has 0 saturated heterocycles. The molecule has 0 bridgehead atoms. The third-order valence-corrected chi connectivity index (χ3v) is 3.61. The van der Waals surface area contributed by atoms with E-state index in [9.17, 15) is 18.4 Å². The zero-order valence-electron chi connectivity index (χ0n) is 11.6. The number of carbonyl (C=O) groups excluding carboxylic acids is 2. The zero-order chi connectivity index (χ0) is 15.9. The van der Waals surface area contributed by atoms with E-state index in [4.69, 9.17) is 0 Å². The highest BCUT2D eigenvalue weighted by Gasteiger charge is 2.26. The molecule has 112 valence electrons. The highest BCUT2D eigenvalue weighted by Crippen LogP contribution is 2.34. The summed E-state index contributed by atoms with van der Waals surface area (Å²) < 4.78 is 26.0. The minimum absolute atomic E-state index is 0.0154. The molecule has 1 aliphatic rings. The van der Waals surface area contributed by atoms with Gasteiger partial charge in [0.1, 0.15) is 0 Å². The minimum Gasteiger partial charge on any atom is -0.325 e. The molecule has 4 nitrogen and oxygen atoms in total. The number of anilines is 2. The predicted molar refractivity (Wildman–Crippen MR) is 77.8 cm³/mol. The Hall–Kier alpha value is -2.76. The Bertz CT molecular complexity index is 790. The molecule has 3 rings (SSSR count). The molecular formula is C16H12F2N2O2. The van der Waals surface area contributed by atoms with E-state index in [1.807, 2.05) is 0 Å². The van der Waals surface area contributed by atoms with Crippen molar-refractivity contribution in [3.05, 3.63) is 59.2 Å². The quantitative estimate of drug-likeness (QED) is 0.894. The average molecular weight is 302 g/mol. The summed E-state index contributed by atoms with van der Waals surface area (Å²) in [6.07, 6.45) is 0. The molecule has 0 aromatic heterocycles. The minimum atomic E-state index is -1.08. The predicted octanol–water partition coefficient (Wildman–Crippen LogP) is 3.27. The first kappa shape index (κ1) is 14.2. The number of hydrogen-bond acceptors (Lipinski definition) is 2. The van der Waals surface area contributed by atoms with E-state index in [-0.39, 0.29) is 17.4 Å². The van der Waals surface area contributed by atoms with Crippen molar-refractivity contribution in [3.63, 3.8) is 0 Å². The van der Waals surface area contributed by atoms with Gasteiger partial charge >= 0.3 is 0 Å². The number of amides is 2. The van der Waals surface area contributed by atoms with Crippen LogP contribution < -0.4 is 10.6 Å². The lowest BCUT2D eigenvalue weighted by atomic mass is 10.0. The standard InChI is InChI=1S/C16H12F2N2O2/c1-8-11-7-10(3-5-14(11)20-15(8)21)19-16(22)9-2-4-12(17)13(18)6-9/h2-8H,1H3,(H,19,22)(H,20,21). The fraction of sp³-hybridized carbons (Fsp3) is 0.125. The third kappa shape index (κ3) is 2.43. The molecule has 0 radical (unpaired) electrons. The van der Waals surface area contributed by atoms with Crippen molar-refractivity contribution in [1.82, 2.24) is 0 Å². The van der Waals surface area contributed by atoms with Crippen molar-refractivity contribution in [2.75, 3.05) is 10.6 Å². The SMILES string of the molecule is CC1C(=O)Nc2ccc(NC(=O)c3ccc(F)c(F)c3)cc21. The largest absolute Gasteiger partial charge is 0.325 e. The van der Waals surface area contributed by atoms with Gasteiger partial charge in [0, 0.05) is 16.9 Å². The van der Waals surface area contributed by atoms with Gasteiger partial charge in [-0.1, -0.05) is 0 Å². The van der Waals surface area contributed by atoms with Crippen LogP contribution >= 0.6 is 0 Å². The molecular weight excluding hydrogens is 290 g/mol. The van der Waals surface area contributed by atoms with Gasteiger partial charge in [-0.25, -0.2) is 8.78 Å². The molecule has 0 saturated carbocycles. The smallest absolute Gasteiger partial charge is 0.255 e. The van der Waals surface area contributed by atoms with Crippen LogP contribution in [0.4, 0.5) is 20.2 Å². The molecule has 0 spiro atoms. The van der Waals surface area contributed by atoms with Crippen LogP contribution in [-0.4, -0.2) is 11.8 Å². The molecule has 1 unspecified atom stereocenters. The number of rotatable bonds is 2. The number of hydrogen-bond donors (Lipinski definition) is 2. The van der Waals surface area contributed by atoms with Crippen LogP contribution in [0.5, 0.6) is 0 Å².